The van der Waals surface area contributed by atoms with Crippen LogP contribution in [0.5, 0.6) is 0 Å². The van der Waals surface area contributed by atoms with Gasteiger partial charge in [0.05, 0.1) is 12.1 Å². The van der Waals surface area contributed by atoms with Gasteiger partial charge in [0, 0.05) is 12.2 Å². The summed E-state index contributed by atoms with van der Waals surface area (Å²) in [4.78, 5) is 28.6. The van der Waals surface area contributed by atoms with Crippen molar-refractivity contribution in [2.45, 2.75) is 39.7 Å². The first-order valence-electron chi connectivity index (χ1n) is 6.37. The lowest BCUT2D eigenvalue weighted by Gasteiger charge is -2.27. The van der Waals surface area contributed by atoms with Gasteiger partial charge >= 0.3 is 5.97 Å². The molecule has 1 heterocycles. The number of nitrogens with zero attached hydrogens (tertiary/aromatic N) is 2. The molecule has 5 heteroatoms. The fourth-order valence-electron chi connectivity index (χ4n) is 1.80. The van der Waals surface area contributed by atoms with E-state index in [4.69, 9.17) is 5.11 Å². The molecule has 1 amide bonds. The highest BCUT2D eigenvalue weighted by atomic mass is 16.4. The quantitative estimate of drug-likeness (QED) is 0.848. The van der Waals surface area contributed by atoms with Crippen LogP contribution in [0, 0.1) is 6.92 Å². The second kappa shape index (κ2) is 6.87. The van der Waals surface area contributed by atoms with E-state index < -0.39 is 5.97 Å². The van der Waals surface area contributed by atoms with E-state index in [1.54, 1.807) is 6.20 Å². The van der Waals surface area contributed by atoms with E-state index in [0.717, 1.165) is 12.0 Å². The van der Waals surface area contributed by atoms with E-state index in [1.807, 2.05) is 32.9 Å². The number of carbonyl (C=O) groups is 2. The molecule has 0 fully saturated rings. The van der Waals surface area contributed by atoms with Crippen LogP contribution < -0.4 is 0 Å². The standard InChI is InChI=1S/C14H20N2O3/c1-4-11(3)16(9-14(18)19)13(17)8-12-10(2)6-5-7-15-12/h5-7,11H,4,8-9H2,1-3H3,(H,18,19). The van der Waals surface area contributed by atoms with E-state index in [0.29, 0.717) is 5.69 Å². The lowest BCUT2D eigenvalue weighted by molar-refractivity contribution is -0.145. The third kappa shape index (κ3) is 4.35. The van der Waals surface area contributed by atoms with E-state index >= 15 is 0 Å². The minimum absolute atomic E-state index is 0.0902. The van der Waals surface area contributed by atoms with Gasteiger partial charge in [0.1, 0.15) is 6.54 Å². The largest absolute Gasteiger partial charge is 0.480 e. The summed E-state index contributed by atoms with van der Waals surface area (Å²) >= 11 is 0. The molecule has 1 aromatic rings. The van der Waals surface area contributed by atoms with Crippen LogP contribution in [0.25, 0.3) is 0 Å². The SMILES string of the molecule is CCC(C)N(CC(=O)O)C(=O)Cc1ncccc1C. The maximum absolute atomic E-state index is 12.2. The monoisotopic (exact) mass is 264 g/mol. The second-order valence-corrected chi connectivity index (χ2v) is 4.62. The molecule has 0 aromatic carbocycles. The van der Waals surface area contributed by atoms with Crippen molar-refractivity contribution in [3.63, 3.8) is 0 Å². The predicted octanol–water partition coefficient (Wildman–Crippen LogP) is 1.64. The number of hydrogen-bond acceptors (Lipinski definition) is 3. The number of aromatic nitrogens is 1. The Morgan fingerprint density at radius 2 is 2.16 bits per heavy atom. The smallest absolute Gasteiger partial charge is 0.323 e. The maximum atomic E-state index is 12.2. The molecule has 0 saturated heterocycles. The van der Waals surface area contributed by atoms with Crippen molar-refractivity contribution in [1.82, 2.24) is 9.88 Å². The molecule has 0 aliphatic carbocycles. The molecule has 0 bridgehead atoms. The zero-order valence-electron chi connectivity index (χ0n) is 11.6. The molecular weight excluding hydrogens is 244 g/mol. The van der Waals surface area contributed by atoms with Gasteiger partial charge in [-0.2, -0.15) is 0 Å². The number of carboxylic acids is 1. The van der Waals surface area contributed by atoms with Crippen LogP contribution in [-0.2, 0) is 16.0 Å². The number of rotatable bonds is 6. The normalized spacial score (nSPS) is 11.9. The molecule has 0 radical (unpaired) electrons. The third-order valence-corrected chi connectivity index (χ3v) is 3.19. The van der Waals surface area contributed by atoms with Gasteiger partial charge in [0.25, 0.3) is 0 Å². The number of carbonyl (C=O) groups excluding carboxylic acids is 1. The number of aliphatic carboxylic acids is 1. The molecule has 0 spiro atoms. The summed E-state index contributed by atoms with van der Waals surface area (Å²) in [5.74, 6) is -1.19. The van der Waals surface area contributed by atoms with E-state index in [-0.39, 0.29) is 24.9 Å². The van der Waals surface area contributed by atoms with Crippen LogP contribution in [0.15, 0.2) is 18.3 Å². The summed E-state index contributed by atoms with van der Waals surface area (Å²) in [5, 5.41) is 8.89. The Bertz CT molecular complexity index is 460. The van der Waals surface area contributed by atoms with E-state index in [2.05, 4.69) is 4.98 Å². The van der Waals surface area contributed by atoms with Gasteiger partial charge in [-0.15, -0.1) is 0 Å². The topological polar surface area (TPSA) is 70.5 Å². The number of hydrogen-bond donors (Lipinski definition) is 1. The van der Waals surface area contributed by atoms with E-state index in [9.17, 15) is 9.59 Å². The molecular formula is C14H20N2O3. The average Bonchev–Trinajstić information content (AvgIpc) is 2.37. The van der Waals surface area contributed by atoms with Crippen LogP contribution in [0.3, 0.4) is 0 Å². The molecule has 0 aliphatic heterocycles. The predicted molar refractivity (Wildman–Crippen MR) is 71.8 cm³/mol. The Hall–Kier alpha value is -1.91. The molecule has 1 rings (SSSR count). The van der Waals surface area contributed by atoms with Crippen molar-refractivity contribution in [3.05, 3.63) is 29.6 Å². The Morgan fingerprint density at radius 1 is 1.47 bits per heavy atom. The minimum atomic E-state index is -0.994. The molecule has 104 valence electrons. The molecule has 0 aliphatic rings. The fraction of sp³-hybridized carbons (Fsp3) is 0.500. The zero-order chi connectivity index (χ0) is 14.4. The van der Waals surface area contributed by atoms with Gasteiger partial charge < -0.3 is 10.0 Å². The van der Waals surface area contributed by atoms with Gasteiger partial charge in [-0.25, -0.2) is 0 Å². The van der Waals surface area contributed by atoms with Crippen LogP contribution in [0.4, 0.5) is 0 Å². The second-order valence-electron chi connectivity index (χ2n) is 4.62. The maximum Gasteiger partial charge on any atom is 0.323 e. The van der Waals surface area contributed by atoms with Gasteiger partial charge in [0.2, 0.25) is 5.91 Å². The summed E-state index contributed by atoms with van der Waals surface area (Å²) in [5.41, 5.74) is 1.64. The van der Waals surface area contributed by atoms with E-state index in [1.165, 1.54) is 4.90 Å². The summed E-state index contributed by atoms with van der Waals surface area (Å²) in [6.07, 6.45) is 2.50. The molecule has 0 saturated carbocycles. The summed E-state index contributed by atoms with van der Waals surface area (Å²) < 4.78 is 0. The molecule has 1 atom stereocenters. The first-order valence-corrected chi connectivity index (χ1v) is 6.37. The minimum Gasteiger partial charge on any atom is -0.480 e. The van der Waals surface area contributed by atoms with Crippen LogP contribution >= 0.6 is 0 Å². The van der Waals surface area contributed by atoms with Crippen molar-refractivity contribution in [1.29, 1.82) is 0 Å². The van der Waals surface area contributed by atoms with Gasteiger partial charge in [-0.05, 0) is 31.9 Å². The van der Waals surface area contributed by atoms with Crippen molar-refractivity contribution < 1.29 is 14.7 Å². The highest BCUT2D eigenvalue weighted by Crippen LogP contribution is 2.10. The first kappa shape index (κ1) is 15.1. The van der Waals surface area contributed by atoms with Gasteiger partial charge in [0.15, 0.2) is 0 Å². The van der Waals surface area contributed by atoms with Crippen molar-refractivity contribution >= 4 is 11.9 Å². The van der Waals surface area contributed by atoms with Crippen molar-refractivity contribution in [2.24, 2.45) is 0 Å². The fourth-order valence-corrected chi connectivity index (χ4v) is 1.80. The Balaban J connectivity index is 2.82. The molecule has 19 heavy (non-hydrogen) atoms. The highest BCUT2D eigenvalue weighted by Gasteiger charge is 2.22. The lowest BCUT2D eigenvalue weighted by Crippen LogP contribution is -2.42. The summed E-state index contributed by atoms with van der Waals surface area (Å²) in [6.45, 7) is 5.41. The third-order valence-electron chi connectivity index (χ3n) is 3.19. The van der Waals surface area contributed by atoms with Gasteiger partial charge in [-0.3, -0.25) is 14.6 Å². The number of pyridine rings is 1. The first-order chi connectivity index (χ1) is 8.95. The number of carboxylic acid groups (broad SMARTS) is 1. The highest BCUT2D eigenvalue weighted by molar-refractivity contribution is 5.83. The molecule has 1 N–H and O–H groups in total. The Labute approximate surface area is 113 Å². The lowest BCUT2D eigenvalue weighted by atomic mass is 10.1. The van der Waals surface area contributed by atoms with Crippen molar-refractivity contribution in [3.8, 4) is 0 Å². The van der Waals surface area contributed by atoms with Gasteiger partial charge in [-0.1, -0.05) is 13.0 Å². The molecule has 1 unspecified atom stereocenters. The van der Waals surface area contributed by atoms with Crippen molar-refractivity contribution in [2.75, 3.05) is 6.54 Å². The number of amides is 1. The number of aryl methyl sites for hydroxylation is 1. The van der Waals surface area contributed by atoms with Crippen LogP contribution in [0.2, 0.25) is 0 Å². The summed E-state index contributed by atoms with van der Waals surface area (Å²) in [7, 11) is 0. The average molecular weight is 264 g/mol. The Morgan fingerprint density at radius 3 is 2.68 bits per heavy atom. The summed E-state index contributed by atoms with van der Waals surface area (Å²) in [6, 6.07) is 3.61. The Kier molecular flexibility index (Phi) is 5.48. The molecule has 1 aromatic heterocycles. The van der Waals surface area contributed by atoms with Crippen LogP contribution in [-0.4, -0.2) is 39.5 Å². The molecule has 5 nitrogen and oxygen atoms in total. The van der Waals surface area contributed by atoms with Crippen LogP contribution in [0.1, 0.15) is 31.5 Å². The zero-order valence-corrected chi connectivity index (χ0v) is 11.6.